The molecule has 74 valence electrons. The highest BCUT2D eigenvalue weighted by Crippen LogP contribution is 2.29. The van der Waals surface area contributed by atoms with Crippen LogP contribution in [0.1, 0.15) is 5.56 Å². The van der Waals surface area contributed by atoms with Crippen LogP contribution < -0.4 is 0 Å². The van der Waals surface area contributed by atoms with Gasteiger partial charge in [-0.2, -0.15) is 0 Å². The van der Waals surface area contributed by atoms with Crippen molar-refractivity contribution >= 4 is 27.2 Å². The van der Waals surface area contributed by atoms with Crippen LogP contribution in [-0.4, -0.2) is 15.4 Å². The number of alkyl halides is 1. The van der Waals surface area contributed by atoms with Crippen molar-refractivity contribution in [2.75, 3.05) is 5.33 Å². The lowest BCUT2D eigenvalue weighted by atomic mass is 10.1. The third-order valence-electron chi connectivity index (χ3n) is 1.74. The normalized spacial score (nSPS) is 9.79. The molecule has 4 nitrogen and oxygen atoms in total. The number of aromatic hydroxyl groups is 1. The summed E-state index contributed by atoms with van der Waals surface area (Å²) >= 11 is 3.20. The summed E-state index contributed by atoms with van der Waals surface area (Å²) in [6, 6.07) is 4.19. The van der Waals surface area contributed by atoms with Crippen molar-refractivity contribution in [1.82, 2.24) is 0 Å². The third-order valence-corrected chi connectivity index (χ3v) is 2.42. The number of hydrogen-bond acceptors (Lipinski definition) is 3. The molecule has 0 saturated heterocycles. The van der Waals surface area contributed by atoms with E-state index in [4.69, 9.17) is 0 Å². The molecule has 0 aliphatic rings. The van der Waals surface area contributed by atoms with Crippen LogP contribution in [0.5, 0.6) is 5.75 Å². The van der Waals surface area contributed by atoms with Crippen LogP contribution in [0.3, 0.4) is 0 Å². The van der Waals surface area contributed by atoms with Crippen molar-refractivity contribution in [3.63, 3.8) is 0 Å². The number of allylic oxidation sites excluding steroid dienone is 1. The molecule has 0 bridgehead atoms. The first kappa shape index (κ1) is 10.7. The van der Waals surface area contributed by atoms with Gasteiger partial charge in [0.2, 0.25) is 0 Å². The second kappa shape index (κ2) is 4.23. The molecule has 0 atom stereocenters. The average molecular weight is 258 g/mol. The molecular formula is C9H8BrNO3. The summed E-state index contributed by atoms with van der Waals surface area (Å²) in [5.41, 5.74) is 1.07. The maximum Gasteiger partial charge on any atom is 0.311 e. The molecule has 1 aromatic carbocycles. The fraction of sp³-hybridized carbons (Fsp3) is 0.111. The number of nitro groups is 1. The molecule has 0 amide bonds. The first-order valence-corrected chi connectivity index (χ1v) is 4.90. The maximum absolute atomic E-state index is 10.5. The molecule has 0 aliphatic carbocycles. The Bertz CT molecular complexity index is 390. The van der Waals surface area contributed by atoms with Gasteiger partial charge in [-0.3, -0.25) is 10.1 Å². The molecular weight excluding hydrogens is 250 g/mol. The van der Waals surface area contributed by atoms with Crippen LogP contribution >= 0.6 is 15.9 Å². The lowest BCUT2D eigenvalue weighted by molar-refractivity contribution is -0.385. The van der Waals surface area contributed by atoms with Crippen molar-refractivity contribution in [2.24, 2.45) is 0 Å². The van der Waals surface area contributed by atoms with Gasteiger partial charge in [-0.15, -0.1) is 0 Å². The number of phenols is 1. The van der Waals surface area contributed by atoms with Crippen LogP contribution in [0.4, 0.5) is 5.69 Å². The Morgan fingerprint density at radius 2 is 2.29 bits per heavy atom. The number of benzene rings is 1. The molecule has 0 aromatic heterocycles. The Morgan fingerprint density at radius 3 is 2.79 bits per heavy atom. The van der Waals surface area contributed by atoms with Gasteiger partial charge in [-0.25, -0.2) is 0 Å². The first-order valence-electron chi connectivity index (χ1n) is 3.77. The summed E-state index contributed by atoms with van der Waals surface area (Å²) in [6.07, 6.45) is 0. The fourth-order valence-electron chi connectivity index (χ4n) is 0.967. The summed E-state index contributed by atoms with van der Waals surface area (Å²) in [4.78, 5) is 9.86. The topological polar surface area (TPSA) is 63.4 Å². The molecule has 0 fully saturated rings. The van der Waals surface area contributed by atoms with E-state index in [-0.39, 0.29) is 11.4 Å². The predicted molar refractivity (Wildman–Crippen MR) is 57.6 cm³/mol. The lowest BCUT2D eigenvalue weighted by Gasteiger charge is -2.02. The lowest BCUT2D eigenvalue weighted by Crippen LogP contribution is -1.91. The summed E-state index contributed by atoms with van der Waals surface area (Å²) < 4.78 is 0. The van der Waals surface area contributed by atoms with Crippen molar-refractivity contribution in [1.29, 1.82) is 0 Å². The van der Waals surface area contributed by atoms with Crippen LogP contribution in [0.25, 0.3) is 5.57 Å². The number of hydrogen-bond donors (Lipinski definition) is 1. The Hall–Kier alpha value is -1.36. The molecule has 5 heteroatoms. The minimum Gasteiger partial charge on any atom is -0.502 e. The summed E-state index contributed by atoms with van der Waals surface area (Å²) in [6.45, 7) is 3.72. The Morgan fingerprint density at radius 1 is 1.64 bits per heavy atom. The highest BCUT2D eigenvalue weighted by molar-refractivity contribution is 9.09. The number of halogens is 1. The van der Waals surface area contributed by atoms with Crippen LogP contribution in [0.2, 0.25) is 0 Å². The minimum absolute atomic E-state index is 0.301. The Balaban J connectivity index is 3.19. The van der Waals surface area contributed by atoms with Crippen LogP contribution in [0, 0.1) is 10.1 Å². The van der Waals surface area contributed by atoms with Gasteiger partial charge in [0.25, 0.3) is 0 Å². The molecule has 1 N–H and O–H groups in total. The van der Waals surface area contributed by atoms with E-state index >= 15 is 0 Å². The summed E-state index contributed by atoms with van der Waals surface area (Å²) in [5.74, 6) is -0.332. The van der Waals surface area contributed by atoms with Gasteiger partial charge >= 0.3 is 5.69 Å². The van der Waals surface area contributed by atoms with Crippen LogP contribution in [-0.2, 0) is 0 Å². The fourth-order valence-corrected chi connectivity index (χ4v) is 1.29. The second-order valence-electron chi connectivity index (χ2n) is 2.70. The van der Waals surface area contributed by atoms with E-state index in [0.717, 1.165) is 5.57 Å². The van der Waals surface area contributed by atoms with Crippen molar-refractivity contribution in [2.45, 2.75) is 0 Å². The number of nitrogens with zero attached hydrogens (tertiary/aromatic N) is 1. The second-order valence-corrected chi connectivity index (χ2v) is 3.26. The van der Waals surface area contributed by atoms with Crippen molar-refractivity contribution < 1.29 is 10.0 Å². The molecule has 0 spiro atoms. The molecule has 0 heterocycles. The van der Waals surface area contributed by atoms with E-state index in [1.165, 1.54) is 12.1 Å². The predicted octanol–water partition coefficient (Wildman–Crippen LogP) is 2.71. The molecule has 0 saturated carbocycles. The van der Waals surface area contributed by atoms with E-state index in [9.17, 15) is 15.2 Å². The maximum atomic E-state index is 10.5. The van der Waals surface area contributed by atoms with E-state index in [0.29, 0.717) is 10.9 Å². The highest BCUT2D eigenvalue weighted by Gasteiger charge is 2.13. The molecule has 0 unspecified atom stereocenters. The van der Waals surface area contributed by atoms with Gasteiger partial charge in [-0.05, 0) is 17.2 Å². The van der Waals surface area contributed by atoms with E-state index in [2.05, 4.69) is 22.5 Å². The first-order chi connectivity index (χ1) is 6.56. The number of rotatable bonds is 3. The largest absolute Gasteiger partial charge is 0.502 e. The van der Waals surface area contributed by atoms with Gasteiger partial charge < -0.3 is 5.11 Å². The molecule has 1 rings (SSSR count). The SMILES string of the molecule is C=C(CBr)c1ccc(O)c([N+](=O)[O-])c1. The minimum atomic E-state index is -0.625. The third kappa shape index (κ3) is 2.11. The smallest absolute Gasteiger partial charge is 0.311 e. The van der Waals surface area contributed by atoms with Gasteiger partial charge in [-0.1, -0.05) is 28.6 Å². The zero-order valence-electron chi connectivity index (χ0n) is 7.24. The highest BCUT2D eigenvalue weighted by atomic mass is 79.9. The number of phenolic OH excluding ortho intramolecular Hbond substituents is 1. The van der Waals surface area contributed by atoms with Crippen LogP contribution in [0.15, 0.2) is 24.8 Å². The molecule has 1 aromatic rings. The standard InChI is InChI=1S/C9H8BrNO3/c1-6(5-10)7-2-3-9(12)8(4-7)11(13)14/h2-4,12H,1,5H2. The van der Waals surface area contributed by atoms with E-state index in [1.54, 1.807) is 6.07 Å². The van der Waals surface area contributed by atoms with Gasteiger partial charge in [0.1, 0.15) is 0 Å². The summed E-state index contributed by atoms with van der Waals surface area (Å²) in [5, 5.41) is 20.2. The van der Waals surface area contributed by atoms with Gasteiger partial charge in [0.05, 0.1) is 4.92 Å². The van der Waals surface area contributed by atoms with E-state index in [1.807, 2.05) is 0 Å². The summed E-state index contributed by atoms with van der Waals surface area (Å²) in [7, 11) is 0. The Kier molecular flexibility index (Phi) is 3.24. The Labute approximate surface area is 89.2 Å². The molecule has 14 heavy (non-hydrogen) atoms. The monoisotopic (exact) mass is 257 g/mol. The quantitative estimate of drug-likeness (QED) is 0.515. The average Bonchev–Trinajstić information content (AvgIpc) is 2.17. The molecule has 0 radical (unpaired) electrons. The van der Waals surface area contributed by atoms with Crippen molar-refractivity contribution in [3.8, 4) is 5.75 Å². The van der Waals surface area contributed by atoms with Gasteiger partial charge in [0.15, 0.2) is 5.75 Å². The van der Waals surface area contributed by atoms with Gasteiger partial charge in [0, 0.05) is 11.4 Å². The number of nitro benzene ring substituents is 1. The van der Waals surface area contributed by atoms with Crippen molar-refractivity contribution in [3.05, 3.63) is 40.5 Å². The zero-order valence-corrected chi connectivity index (χ0v) is 8.82. The zero-order chi connectivity index (χ0) is 10.7. The molecule has 0 aliphatic heterocycles. The van der Waals surface area contributed by atoms with E-state index < -0.39 is 4.92 Å².